The van der Waals surface area contributed by atoms with Gasteiger partial charge >= 0.3 is 0 Å². The van der Waals surface area contributed by atoms with Crippen molar-refractivity contribution in [1.29, 1.82) is 5.26 Å². The average Bonchev–Trinajstić information content (AvgIpc) is 3.07. The number of hydrogen-bond acceptors (Lipinski definition) is 5. The first-order chi connectivity index (χ1) is 12.7. The second-order valence-corrected chi connectivity index (χ2v) is 5.59. The summed E-state index contributed by atoms with van der Waals surface area (Å²) in [5.74, 6) is 2.49. The minimum Gasteiger partial charge on any atom is -0.497 e. The van der Waals surface area contributed by atoms with Gasteiger partial charge in [-0.15, -0.1) is 10.2 Å². The second-order valence-electron chi connectivity index (χ2n) is 5.59. The lowest BCUT2D eigenvalue weighted by molar-refractivity contribution is 0.394. The number of nitriles is 1. The highest BCUT2D eigenvalue weighted by molar-refractivity contribution is 5.88. The maximum absolute atomic E-state index is 9.64. The Morgan fingerprint density at radius 3 is 2.27 bits per heavy atom. The summed E-state index contributed by atoms with van der Waals surface area (Å²) >= 11 is 0. The molecule has 0 radical (unpaired) electrons. The fourth-order valence-corrected chi connectivity index (χ4v) is 2.63. The molecular weight excluding hydrogens is 328 g/mol. The van der Waals surface area contributed by atoms with Gasteiger partial charge in [0.1, 0.15) is 17.6 Å². The lowest BCUT2D eigenvalue weighted by Crippen LogP contribution is -1.98. The predicted molar refractivity (Wildman–Crippen MR) is 99.5 cm³/mol. The summed E-state index contributed by atoms with van der Waals surface area (Å²) in [4.78, 5) is 0. The third-order valence-electron chi connectivity index (χ3n) is 3.95. The van der Waals surface area contributed by atoms with Gasteiger partial charge in [0.15, 0.2) is 11.6 Å². The molecule has 1 heterocycles. The van der Waals surface area contributed by atoms with E-state index >= 15 is 0 Å². The Balaban J connectivity index is 2.04. The van der Waals surface area contributed by atoms with E-state index in [0.29, 0.717) is 28.7 Å². The standard InChI is InChI=1S/C20H18N4O2/c1-24-19(15-7-5-4-6-8-15)22-23-20(24)16(13-21)9-14-10-17(25-2)12-18(11-14)26-3/h4-12H,1-3H3/b16-9-. The van der Waals surface area contributed by atoms with Crippen LogP contribution in [0, 0.1) is 11.3 Å². The highest BCUT2D eigenvalue weighted by Crippen LogP contribution is 2.26. The summed E-state index contributed by atoms with van der Waals surface area (Å²) in [7, 11) is 5.01. The van der Waals surface area contributed by atoms with Crippen molar-refractivity contribution in [3.63, 3.8) is 0 Å². The Bertz CT molecular complexity index is 963. The van der Waals surface area contributed by atoms with Gasteiger partial charge in [0, 0.05) is 18.7 Å². The summed E-state index contributed by atoms with van der Waals surface area (Å²) in [6.07, 6.45) is 1.74. The number of methoxy groups -OCH3 is 2. The summed E-state index contributed by atoms with van der Waals surface area (Å²) in [6.45, 7) is 0. The molecule has 0 aliphatic rings. The summed E-state index contributed by atoms with van der Waals surface area (Å²) < 4.78 is 12.4. The third kappa shape index (κ3) is 3.42. The van der Waals surface area contributed by atoms with Gasteiger partial charge in [-0.3, -0.25) is 0 Å². The molecule has 0 spiro atoms. The Morgan fingerprint density at radius 2 is 1.69 bits per heavy atom. The van der Waals surface area contributed by atoms with Crippen LogP contribution in [0.4, 0.5) is 0 Å². The number of nitrogens with zero attached hydrogens (tertiary/aromatic N) is 4. The van der Waals surface area contributed by atoms with Gasteiger partial charge in [-0.2, -0.15) is 5.26 Å². The Morgan fingerprint density at radius 1 is 1.04 bits per heavy atom. The van der Waals surface area contributed by atoms with Crippen LogP contribution in [0.2, 0.25) is 0 Å². The molecule has 0 saturated carbocycles. The van der Waals surface area contributed by atoms with Crippen molar-refractivity contribution >= 4 is 11.6 Å². The molecule has 0 atom stereocenters. The molecule has 6 heteroatoms. The van der Waals surface area contributed by atoms with E-state index < -0.39 is 0 Å². The largest absolute Gasteiger partial charge is 0.497 e. The van der Waals surface area contributed by atoms with Crippen LogP contribution >= 0.6 is 0 Å². The van der Waals surface area contributed by atoms with Gasteiger partial charge in [0.2, 0.25) is 0 Å². The molecule has 26 heavy (non-hydrogen) atoms. The third-order valence-corrected chi connectivity index (χ3v) is 3.95. The van der Waals surface area contributed by atoms with Crippen LogP contribution in [0.3, 0.4) is 0 Å². The van der Waals surface area contributed by atoms with E-state index in [9.17, 15) is 5.26 Å². The minimum absolute atomic E-state index is 0.400. The lowest BCUT2D eigenvalue weighted by atomic mass is 10.1. The molecule has 3 aromatic rings. The molecular formula is C20H18N4O2. The number of benzene rings is 2. The molecule has 0 N–H and O–H groups in total. The normalized spacial score (nSPS) is 11.1. The fraction of sp³-hybridized carbons (Fsp3) is 0.150. The fourth-order valence-electron chi connectivity index (χ4n) is 2.63. The van der Waals surface area contributed by atoms with Crippen molar-refractivity contribution in [3.8, 4) is 29.0 Å². The molecule has 1 aromatic heterocycles. The molecule has 3 rings (SSSR count). The number of hydrogen-bond donors (Lipinski definition) is 0. The Labute approximate surface area is 151 Å². The number of rotatable bonds is 5. The van der Waals surface area contributed by atoms with E-state index in [1.165, 1.54) is 0 Å². The zero-order chi connectivity index (χ0) is 18.5. The summed E-state index contributed by atoms with van der Waals surface area (Å²) in [6, 6.07) is 17.4. The van der Waals surface area contributed by atoms with Crippen molar-refractivity contribution in [2.75, 3.05) is 14.2 Å². The van der Waals surface area contributed by atoms with Crippen LogP contribution in [0.15, 0.2) is 48.5 Å². The van der Waals surface area contributed by atoms with Crippen molar-refractivity contribution in [2.45, 2.75) is 0 Å². The monoisotopic (exact) mass is 346 g/mol. The van der Waals surface area contributed by atoms with Gasteiger partial charge in [0.25, 0.3) is 0 Å². The maximum Gasteiger partial charge on any atom is 0.174 e. The lowest BCUT2D eigenvalue weighted by Gasteiger charge is -2.07. The Kier molecular flexibility index (Phi) is 4.99. The first kappa shape index (κ1) is 17.2. The van der Waals surface area contributed by atoms with Crippen molar-refractivity contribution in [3.05, 3.63) is 59.9 Å². The molecule has 0 aliphatic heterocycles. The first-order valence-electron chi connectivity index (χ1n) is 7.96. The quantitative estimate of drug-likeness (QED) is 0.661. The maximum atomic E-state index is 9.64. The molecule has 0 unspecified atom stereocenters. The number of aromatic nitrogens is 3. The number of allylic oxidation sites excluding steroid dienone is 1. The second kappa shape index (κ2) is 7.53. The van der Waals surface area contributed by atoms with Crippen molar-refractivity contribution in [2.24, 2.45) is 7.05 Å². The van der Waals surface area contributed by atoms with Crippen LogP contribution in [0.25, 0.3) is 23.0 Å². The van der Waals surface area contributed by atoms with Gasteiger partial charge < -0.3 is 14.0 Å². The Hall–Kier alpha value is -3.59. The zero-order valence-corrected chi connectivity index (χ0v) is 14.8. The highest BCUT2D eigenvalue weighted by Gasteiger charge is 2.14. The summed E-state index contributed by atoms with van der Waals surface area (Å²) in [5, 5.41) is 18.1. The van der Waals surface area contributed by atoms with Gasteiger partial charge in [-0.25, -0.2) is 0 Å². The van der Waals surface area contributed by atoms with Gasteiger partial charge in [-0.05, 0) is 23.8 Å². The van der Waals surface area contributed by atoms with Crippen LogP contribution in [-0.2, 0) is 7.05 Å². The smallest absolute Gasteiger partial charge is 0.174 e. The highest BCUT2D eigenvalue weighted by atomic mass is 16.5. The minimum atomic E-state index is 0.400. The van der Waals surface area contributed by atoms with Gasteiger partial charge in [-0.1, -0.05) is 30.3 Å². The average molecular weight is 346 g/mol. The van der Waals surface area contributed by atoms with Crippen LogP contribution in [0.1, 0.15) is 11.4 Å². The molecule has 6 nitrogen and oxygen atoms in total. The van der Waals surface area contributed by atoms with Crippen LogP contribution in [-0.4, -0.2) is 29.0 Å². The molecule has 130 valence electrons. The number of ether oxygens (including phenoxy) is 2. The predicted octanol–water partition coefficient (Wildman–Crippen LogP) is 3.56. The van der Waals surface area contributed by atoms with Crippen LogP contribution in [0.5, 0.6) is 11.5 Å². The SMILES string of the molecule is COc1cc(/C=C(/C#N)c2nnc(-c3ccccc3)n2C)cc(OC)c1. The first-order valence-corrected chi connectivity index (χ1v) is 7.96. The zero-order valence-electron chi connectivity index (χ0n) is 14.8. The topological polar surface area (TPSA) is 73.0 Å². The molecule has 0 aliphatic carbocycles. The molecule has 0 amide bonds. The molecule has 2 aromatic carbocycles. The van der Waals surface area contributed by atoms with E-state index in [-0.39, 0.29) is 0 Å². The van der Waals surface area contributed by atoms with E-state index in [1.54, 1.807) is 26.4 Å². The van der Waals surface area contributed by atoms with E-state index in [2.05, 4.69) is 16.3 Å². The summed E-state index contributed by atoms with van der Waals surface area (Å²) in [5.41, 5.74) is 2.12. The van der Waals surface area contributed by atoms with Crippen LogP contribution < -0.4 is 9.47 Å². The van der Waals surface area contributed by atoms with E-state index in [4.69, 9.17) is 9.47 Å². The van der Waals surface area contributed by atoms with Gasteiger partial charge in [0.05, 0.1) is 19.8 Å². The van der Waals surface area contributed by atoms with E-state index in [1.807, 2.05) is 54.1 Å². The molecule has 0 fully saturated rings. The van der Waals surface area contributed by atoms with Crippen molar-refractivity contribution < 1.29 is 9.47 Å². The van der Waals surface area contributed by atoms with E-state index in [0.717, 1.165) is 11.1 Å². The molecule has 0 bridgehead atoms. The van der Waals surface area contributed by atoms with Crippen molar-refractivity contribution in [1.82, 2.24) is 14.8 Å². The molecule has 0 saturated heterocycles.